The first kappa shape index (κ1) is 10.9. The first-order valence-corrected chi connectivity index (χ1v) is 6.44. The molecule has 98 valence electrons. The number of rotatable bonds is 1. The molecule has 2 aliphatic heterocycles. The fourth-order valence-corrected chi connectivity index (χ4v) is 2.82. The van der Waals surface area contributed by atoms with Gasteiger partial charge in [0.2, 0.25) is 5.95 Å². The molecule has 4 heterocycles. The van der Waals surface area contributed by atoms with E-state index in [-0.39, 0.29) is 12.1 Å². The molecule has 0 aliphatic carbocycles. The number of hydrogen-bond acceptors (Lipinski definition) is 6. The lowest BCUT2D eigenvalue weighted by molar-refractivity contribution is -0.0374. The van der Waals surface area contributed by atoms with Crippen LogP contribution in [0.25, 0.3) is 0 Å². The molecule has 2 aromatic rings. The molecule has 0 saturated carbocycles. The molecule has 0 amide bonds. The van der Waals surface area contributed by atoms with Crippen LogP contribution in [0.5, 0.6) is 0 Å². The van der Waals surface area contributed by atoms with E-state index in [1.54, 1.807) is 18.6 Å². The SMILES string of the molecule is c1cnc(N2CC[C@@H]3OCc4cnnn4[C@H]3C2)nc1. The van der Waals surface area contributed by atoms with Gasteiger partial charge in [0.05, 0.1) is 30.6 Å². The lowest BCUT2D eigenvalue weighted by Crippen LogP contribution is -2.48. The molecule has 0 aromatic carbocycles. The van der Waals surface area contributed by atoms with Crippen molar-refractivity contribution in [2.45, 2.75) is 25.2 Å². The Labute approximate surface area is 110 Å². The minimum absolute atomic E-state index is 0.198. The van der Waals surface area contributed by atoms with Crippen molar-refractivity contribution in [2.24, 2.45) is 0 Å². The van der Waals surface area contributed by atoms with Crippen LogP contribution in [-0.2, 0) is 11.3 Å². The van der Waals surface area contributed by atoms with Crippen LogP contribution in [0.4, 0.5) is 5.95 Å². The summed E-state index contributed by atoms with van der Waals surface area (Å²) in [5, 5.41) is 8.16. The zero-order valence-electron chi connectivity index (χ0n) is 10.4. The Morgan fingerprint density at radius 1 is 1.26 bits per heavy atom. The molecule has 0 bridgehead atoms. The third-order valence-electron chi connectivity index (χ3n) is 3.76. The number of piperidine rings is 1. The van der Waals surface area contributed by atoms with Crippen molar-refractivity contribution in [3.63, 3.8) is 0 Å². The lowest BCUT2D eigenvalue weighted by Gasteiger charge is -2.40. The maximum Gasteiger partial charge on any atom is 0.225 e. The zero-order valence-corrected chi connectivity index (χ0v) is 10.4. The minimum atomic E-state index is 0.198. The van der Waals surface area contributed by atoms with E-state index in [0.717, 1.165) is 31.2 Å². The van der Waals surface area contributed by atoms with Crippen molar-refractivity contribution in [1.82, 2.24) is 25.0 Å². The van der Waals surface area contributed by atoms with Crippen LogP contribution in [0, 0.1) is 0 Å². The van der Waals surface area contributed by atoms with Gasteiger partial charge in [-0.1, -0.05) is 5.21 Å². The molecule has 0 spiro atoms. The van der Waals surface area contributed by atoms with Crippen LogP contribution in [0.1, 0.15) is 18.2 Å². The number of hydrogen-bond donors (Lipinski definition) is 0. The van der Waals surface area contributed by atoms with E-state index >= 15 is 0 Å². The van der Waals surface area contributed by atoms with E-state index in [4.69, 9.17) is 4.74 Å². The fraction of sp³-hybridized carbons (Fsp3) is 0.500. The summed E-state index contributed by atoms with van der Waals surface area (Å²) < 4.78 is 7.87. The summed E-state index contributed by atoms with van der Waals surface area (Å²) in [6, 6.07) is 2.03. The van der Waals surface area contributed by atoms with Gasteiger partial charge in [0, 0.05) is 25.5 Å². The van der Waals surface area contributed by atoms with Crippen LogP contribution in [-0.4, -0.2) is 44.2 Å². The van der Waals surface area contributed by atoms with Crippen LogP contribution in [0.2, 0.25) is 0 Å². The zero-order chi connectivity index (χ0) is 12.7. The van der Waals surface area contributed by atoms with E-state index in [9.17, 15) is 0 Å². The highest BCUT2D eigenvalue weighted by atomic mass is 16.5. The predicted octanol–water partition coefficient (Wildman–Crippen LogP) is 0.418. The Hall–Kier alpha value is -2.02. The molecule has 2 atom stereocenters. The monoisotopic (exact) mass is 258 g/mol. The first-order valence-electron chi connectivity index (χ1n) is 6.44. The van der Waals surface area contributed by atoms with Gasteiger partial charge in [-0.25, -0.2) is 14.6 Å². The highest BCUT2D eigenvalue weighted by molar-refractivity contribution is 5.30. The number of aromatic nitrogens is 5. The number of ether oxygens (including phenoxy) is 1. The van der Waals surface area contributed by atoms with Gasteiger partial charge in [-0.05, 0) is 12.5 Å². The van der Waals surface area contributed by atoms with Gasteiger partial charge in [-0.15, -0.1) is 5.10 Å². The third-order valence-corrected chi connectivity index (χ3v) is 3.76. The van der Waals surface area contributed by atoms with E-state index < -0.39 is 0 Å². The first-order chi connectivity index (χ1) is 9.42. The van der Waals surface area contributed by atoms with E-state index in [0.29, 0.717) is 6.61 Å². The Bertz CT molecular complexity index is 571. The van der Waals surface area contributed by atoms with Gasteiger partial charge in [-0.2, -0.15) is 0 Å². The molecule has 1 saturated heterocycles. The van der Waals surface area contributed by atoms with Gasteiger partial charge in [-0.3, -0.25) is 0 Å². The molecule has 7 heteroatoms. The molecule has 0 N–H and O–H groups in total. The number of fused-ring (bicyclic) bond motifs is 3. The summed E-state index contributed by atoms with van der Waals surface area (Å²) in [6.45, 7) is 2.33. The summed E-state index contributed by atoms with van der Waals surface area (Å²) in [5.41, 5.74) is 1.04. The van der Waals surface area contributed by atoms with Crippen LogP contribution in [0.3, 0.4) is 0 Å². The topological polar surface area (TPSA) is 69.0 Å². The summed E-state index contributed by atoms with van der Waals surface area (Å²) in [6.07, 6.45) is 6.49. The molecule has 0 unspecified atom stereocenters. The molecule has 4 rings (SSSR count). The Kier molecular flexibility index (Phi) is 2.44. The van der Waals surface area contributed by atoms with Crippen LogP contribution in [0.15, 0.2) is 24.7 Å². The molecule has 7 nitrogen and oxygen atoms in total. The summed E-state index contributed by atoms with van der Waals surface area (Å²) in [7, 11) is 0. The molecule has 0 radical (unpaired) electrons. The van der Waals surface area contributed by atoms with E-state index in [1.807, 2.05) is 10.7 Å². The normalized spacial score (nSPS) is 25.8. The van der Waals surface area contributed by atoms with Crippen molar-refractivity contribution >= 4 is 5.95 Å². The van der Waals surface area contributed by atoms with Gasteiger partial charge in [0.1, 0.15) is 0 Å². The molecule has 1 fully saturated rings. The quantitative estimate of drug-likeness (QED) is 0.738. The van der Waals surface area contributed by atoms with Crippen molar-refractivity contribution in [1.29, 1.82) is 0 Å². The lowest BCUT2D eigenvalue weighted by atomic mass is 10.0. The smallest absolute Gasteiger partial charge is 0.225 e. The minimum Gasteiger partial charge on any atom is -0.370 e. The Morgan fingerprint density at radius 2 is 2.16 bits per heavy atom. The van der Waals surface area contributed by atoms with E-state index in [2.05, 4.69) is 25.2 Å². The molecular formula is C12H14N6O. The second-order valence-corrected chi connectivity index (χ2v) is 4.87. The molecule has 2 aromatic heterocycles. The summed E-state index contributed by atoms with van der Waals surface area (Å²) >= 11 is 0. The second-order valence-electron chi connectivity index (χ2n) is 4.87. The standard InChI is InChI=1S/C12H14N6O/c1-3-13-12(14-4-1)17-5-2-11-10(7-17)18-9(8-19-11)6-15-16-18/h1,3-4,6,10-11H,2,5,7-8H2/t10-,11-/m0/s1. The Morgan fingerprint density at radius 3 is 3.05 bits per heavy atom. The van der Waals surface area contributed by atoms with E-state index in [1.165, 1.54) is 0 Å². The van der Waals surface area contributed by atoms with Crippen molar-refractivity contribution in [3.8, 4) is 0 Å². The Balaban J connectivity index is 1.63. The van der Waals surface area contributed by atoms with Gasteiger partial charge in [0.25, 0.3) is 0 Å². The van der Waals surface area contributed by atoms with Crippen LogP contribution >= 0.6 is 0 Å². The highest BCUT2D eigenvalue weighted by Gasteiger charge is 2.37. The second kappa shape index (κ2) is 4.27. The predicted molar refractivity (Wildman–Crippen MR) is 66.5 cm³/mol. The van der Waals surface area contributed by atoms with Crippen molar-refractivity contribution in [2.75, 3.05) is 18.0 Å². The molecule has 19 heavy (non-hydrogen) atoms. The largest absolute Gasteiger partial charge is 0.370 e. The average Bonchev–Trinajstić information content (AvgIpc) is 2.96. The molecule has 2 aliphatic rings. The molecular weight excluding hydrogens is 244 g/mol. The fourth-order valence-electron chi connectivity index (χ4n) is 2.82. The third kappa shape index (κ3) is 1.77. The summed E-state index contributed by atoms with van der Waals surface area (Å²) in [4.78, 5) is 10.8. The van der Waals surface area contributed by atoms with Gasteiger partial charge in [0.15, 0.2) is 0 Å². The number of anilines is 1. The highest BCUT2D eigenvalue weighted by Crippen LogP contribution is 2.30. The number of nitrogens with zero attached hydrogens (tertiary/aromatic N) is 6. The van der Waals surface area contributed by atoms with Gasteiger partial charge < -0.3 is 9.64 Å². The van der Waals surface area contributed by atoms with Gasteiger partial charge >= 0.3 is 0 Å². The van der Waals surface area contributed by atoms with Crippen LogP contribution < -0.4 is 4.90 Å². The average molecular weight is 258 g/mol. The maximum atomic E-state index is 5.88. The van der Waals surface area contributed by atoms with Crippen molar-refractivity contribution < 1.29 is 4.74 Å². The summed E-state index contributed by atoms with van der Waals surface area (Å²) in [5.74, 6) is 0.771. The van der Waals surface area contributed by atoms with Crippen molar-refractivity contribution in [3.05, 3.63) is 30.4 Å². The maximum absolute atomic E-state index is 5.88.